The van der Waals surface area contributed by atoms with Gasteiger partial charge in [-0.15, -0.1) is 0 Å². The molecule has 0 atom stereocenters. The smallest absolute Gasteiger partial charge is 0.378 e. The normalized spacial score (nSPS) is 9.21. The van der Waals surface area contributed by atoms with E-state index in [1.54, 1.807) is 31.2 Å². The predicted octanol–water partition coefficient (Wildman–Crippen LogP) is 2.14. The molecule has 0 N–H and O–H groups in total. The number of esters is 1. The summed E-state index contributed by atoms with van der Waals surface area (Å²) >= 11 is 0. The van der Waals surface area contributed by atoms with Crippen LogP contribution >= 0.6 is 0 Å². The van der Waals surface area contributed by atoms with Crippen LogP contribution in [-0.2, 0) is 9.53 Å². The molecule has 0 aliphatic carbocycles. The van der Waals surface area contributed by atoms with Crippen molar-refractivity contribution in [1.82, 2.24) is 0 Å². The lowest BCUT2D eigenvalue weighted by atomic mass is 10.3. The molecule has 0 spiro atoms. The van der Waals surface area contributed by atoms with Gasteiger partial charge < -0.3 is 9.47 Å². The lowest BCUT2D eigenvalue weighted by molar-refractivity contribution is -0.133. The van der Waals surface area contributed by atoms with E-state index in [0.717, 1.165) is 0 Å². The molecule has 0 saturated carbocycles. The third-order valence-corrected chi connectivity index (χ3v) is 1.50. The van der Waals surface area contributed by atoms with E-state index in [4.69, 9.17) is 9.47 Å². The minimum Gasteiger partial charge on any atom is -0.487 e. The molecule has 0 heterocycles. The second-order valence-corrected chi connectivity index (χ2v) is 2.56. The third kappa shape index (κ3) is 2.94. The van der Waals surface area contributed by atoms with Crippen molar-refractivity contribution in [2.45, 2.75) is 6.92 Å². The number of ether oxygens (including phenoxy) is 2. The fourth-order valence-electron chi connectivity index (χ4n) is 0.886. The Balaban J connectivity index is 2.53. The second-order valence-electron chi connectivity index (χ2n) is 2.56. The summed E-state index contributed by atoms with van der Waals surface area (Å²) in [5, 5.41) is 0. The number of para-hydroxylation sites is 1. The average molecular weight is 192 g/mol. The Morgan fingerprint density at radius 3 is 2.57 bits per heavy atom. The zero-order valence-electron chi connectivity index (χ0n) is 8.03. The van der Waals surface area contributed by atoms with Gasteiger partial charge in [0.2, 0.25) is 0 Å². The third-order valence-electron chi connectivity index (χ3n) is 1.50. The lowest BCUT2D eigenvalue weighted by Crippen LogP contribution is -2.12. The highest BCUT2D eigenvalue weighted by atomic mass is 16.6. The van der Waals surface area contributed by atoms with Crippen LogP contribution in [0.5, 0.6) is 5.75 Å². The molecule has 14 heavy (non-hydrogen) atoms. The Kier molecular flexibility index (Phi) is 3.73. The molecule has 1 rings (SSSR count). The van der Waals surface area contributed by atoms with E-state index in [-0.39, 0.29) is 5.76 Å². The van der Waals surface area contributed by atoms with E-state index in [0.29, 0.717) is 12.4 Å². The first-order valence-electron chi connectivity index (χ1n) is 4.33. The molecule has 0 aromatic heterocycles. The second kappa shape index (κ2) is 5.07. The van der Waals surface area contributed by atoms with Gasteiger partial charge in [0.25, 0.3) is 0 Å². The van der Waals surface area contributed by atoms with Crippen molar-refractivity contribution >= 4 is 5.97 Å². The Morgan fingerprint density at radius 1 is 1.36 bits per heavy atom. The van der Waals surface area contributed by atoms with Crippen LogP contribution in [0.15, 0.2) is 42.7 Å². The number of benzene rings is 1. The van der Waals surface area contributed by atoms with Crippen LogP contribution in [0.25, 0.3) is 0 Å². The Labute approximate surface area is 83.0 Å². The van der Waals surface area contributed by atoms with Crippen molar-refractivity contribution < 1.29 is 14.3 Å². The maximum Gasteiger partial charge on any atom is 0.378 e. The zero-order chi connectivity index (χ0) is 10.4. The first kappa shape index (κ1) is 10.3. The van der Waals surface area contributed by atoms with Crippen molar-refractivity contribution in [1.29, 1.82) is 0 Å². The van der Waals surface area contributed by atoms with Crippen molar-refractivity contribution in [2.75, 3.05) is 6.61 Å². The van der Waals surface area contributed by atoms with Crippen LogP contribution in [0.3, 0.4) is 0 Å². The molecule has 1 aromatic carbocycles. The number of hydrogen-bond acceptors (Lipinski definition) is 3. The van der Waals surface area contributed by atoms with Gasteiger partial charge in [-0.05, 0) is 25.6 Å². The van der Waals surface area contributed by atoms with Crippen molar-refractivity contribution in [3.63, 3.8) is 0 Å². The van der Waals surface area contributed by atoms with Crippen LogP contribution in [-0.4, -0.2) is 12.6 Å². The summed E-state index contributed by atoms with van der Waals surface area (Å²) in [5.41, 5.74) is 0. The van der Waals surface area contributed by atoms with Crippen molar-refractivity contribution in [3.8, 4) is 5.75 Å². The molecule has 0 amide bonds. The molecule has 3 nitrogen and oxygen atoms in total. The summed E-state index contributed by atoms with van der Waals surface area (Å²) in [6.45, 7) is 5.63. The molecule has 0 bridgehead atoms. The molecule has 0 aliphatic rings. The number of rotatable bonds is 4. The molecular weight excluding hydrogens is 180 g/mol. The Hall–Kier alpha value is -1.77. The highest BCUT2D eigenvalue weighted by Gasteiger charge is 2.09. The monoisotopic (exact) mass is 192 g/mol. The fourth-order valence-corrected chi connectivity index (χ4v) is 0.886. The lowest BCUT2D eigenvalue weighted by Gasteiger charge is -2.06. The number of carbonyl (C=O) groups is 1. The first-order valence-corrected chi connectivity index (χ1v) is 4.33. The molecule has 0 saturated heterocycles. The molecule has 74 valence electrons. The van der Waals surface area contributed by atoms with Crippen LogP contribution in [0, 0.1) is 0 Å². The summed E-state index contributed by atoms with van der Waals surface area (Å²) < 4.78 is 9.87. The Morgan fingerprint density at radius 2 is 2.00 bits per heavy atom. The van der Waals surface area contributed by atoms with Gasteiger partial charge in [0.1, 0.15) is 5.75 Å². The molecule has 0 radical (unpaired) electrons. The summed E-state index contributed by atoms with van der Waals surface area (Å²) in [6.07, 6.45) is 0. The van der Waals surface area contributed by atoms with Crippen LogP contribution in [0.4, 0.5) is 0 Å². The van der Waals surface area contributed by atoms with Gasteiger partial charge >= 0.3 is 5.97 Å². The minimum atomic E-state index is -0.557. The number of carbonyl (C=O) groups excluding carboxylic acids is 1. The molecular formula is C11H12O3. The van der Waals surface area contributed by atoms with Gasteiger partial charge in [0, 0.05) is 0 Å². The molecule has 0 fully saturated rings. The van der Waals surface area contributed by atoms with Gasteiger partial charge in [-0.25, -0.2) is 4.79 Å². The largest absolute Gasteiger partial charge is 0.487 e. The average Bonchev–Trinajstić information content (AvgIpc) is 2.19. The summed E-state index contributed by atoms with van der Waals surface area (Å²) in [4.78, 5) is 11.3. The predicted molar refractivity (Wildman–Crippen MR) is 52.8 cm³/mol. The number of hydrogen-bond donors (Lipinski definition) is 0. The maximum atomic E-state index is 11.3. The highest BCUT2D eigenvalue weighted by molar-refractivity contribution is 5.87. The fraction of sp³-hybridized carbons (Fsp3) is 0.182. The molecule has 0 aliphatic heterocycles. The minimum absolute atomic E-state index is 0.0244. The zero-order valence-corrected chi connectivity index (χ0v) is 8.03. The molecule has 1 aromatic rings. The maximum absolute atomic E-state index is 11.3. The summed E-state index contributed by atoms with van der Waals surface area (Å²) in [5.74, 6) is -0.0484. The van der Waals surface area contributed by atoms with Gasteiger partial charge in [0.05, 0.1) is 6.61 Å². The van der Waals surface area contributed by atoms with E-state index < -0.39 is 5.97 Å². The first-order chi connectivity index (χ1) is 6.74. The van der Waals surface area contributed by atoms with E-state index in [9.17, 15) is 4.79 Å². The van der Waals surface area contributed by atoms with Crippen LogP contribution in [0.2, 0.25) is 0 Å². The van der Waals surface area contributed by atoms with Crippen molar-refractivity contribution in [2.24, 2.45) is 0 Å². The standard InChI is InChI=1S/C11H12O3/c1-3-13-9(2)11(12)14-10-7-5-4-6-8-10/h4-8H,2-3H2,1H3. The van der Waals surface area contributed by atoms with Gasteiger partial charge in [-0.3, -0.25) is 0 Å². The van der Waals surface area contributed by atoms with E-state index in [2.05, 4.69) is 6.58 Å². The van der Waals surface area contributed by atoms with E-state index >= 15 is 0 Å². The molecule has 0 unspecified atom stereocenters. The van der Waals surface area contributed by atoms with E-state index in [1.165, 1.54) is 0 Å². The Bertz CT molecular complexity index is 317. The molecule has 3 heteroatoms. The van der Waals surface area contributed by atoms with Crippen LogP contribution in [0.1, 0.15) is 6.92 Å². The van der Waals surface area contributed by atoms with Crippen molar-refractivity contribution in [3.05, 3.63) is 42.7 Å². The summed E-state index contributed by atoms with van der Waals surface area (Å²) in [6, 6.07) is 8.79. The quantitative estimate of drug-likeness (QED) is 0.317. The topological polar surface area (TPSA) is 35.5 Å². The SMILES string of the molecule is C=C(OCC)C(=O)Oc1ccccc1. The summed E-state index contributed by atoms with van der Waals surface area (Å²) in [7, 11) is 0. The highest BCUT2D eigenvalue weighted by Crippen LogP contribution is 2.10. The van der Waals surface area contributed by atoms with E-state index in [1.807, 2.05) is 6.07 Å². The van der Waals surface area contributed by atoms with Gasteiger partial charge in [0.15, 0.2) is 5.76 Å². The van der Waals surface area contributed by atoms with Gasteiger partial charge in [-0.2, -0.15) is 0 Å². The van der Waals surface area contributed by atoms with Gasteiger partial charge in [-0.1, -0.05) is 18.2 Å². The van der Waals surface area contributed by atoms with Crippen LogP contribution < -0.4 is 4.74 Å².